The molecule has 1 aliphatic heterocycles. The van der Waals surface area contributed by atoms with E-state index in [4.69, 9.17) is 11.6 Å². The molecule has 9 heteroatoms. The SMILES string of the molecule is O=C(c1cccc([N+](=O)[O-])c1)N1CCN(c2ccc(-c3ccccc3Cl)nn2)CC1. The third-order valence-electron chi connectivity index (χ3n) is 5.00. The summed E-state index contributed by atoms with van der Waals surface area (Å²) in [6.07, 6.45) is 0. The van der Waals surface area contributed by atoms with Crippen molar-refractivity contribution in [3.8, 4) is 11.3 Å². The number of benzene rings is 2. The molecular weight excluding hydrogens is 406 g/mol. The Bertz CT molecular complexity index is 1080. The summed E-state index contributed by atoms with van der Waals surface area (Å²) in [6.45, 7) is 2.19. The Labute approximate surface area is 177 Å². The van der Waals surface area contributed by atoms with Crippen LogP contribution in [0.2, 0.25) is 5.02 Å². The van der Waals surface area contributed by atoms with Crippen molar-refractivity contribution in [2.45, 2.75) is 0 Å². The topological polar surface area (TPSA) is 92.5 Å². The zero-order chi connectivity index (χ0) is 21.1. The van der Waals surface area contributed by atoms with Crippen LogP contribution < -0.4 is 4.90 Å². The highest BCUT2D eigenvalue weighted by Gasteiger charge is 2.24. The molecule has 0 bridgehead atoms. The molecule has 0 spiro atoms. The standard InChI is InChI=1S/C21H18ClN5O3/c22-18-7-2-1-6-17(18)19-8-9-20(24-23-19)25-10-12-26(13-11-25)21(28)15-4-3-5-16(14-15)27(29)30/h1-9,14H,10-13H2. The van der Waals surface area contributed by atoms with Crippen LogP contribution in [0.3, 0.4) is 0 Å². The molecule has 0 unspecified atom stereocenters. The second-order valence-electron chi connectivity index (χ2n) is 6.84. The lowest BCUT2D eigenvalue weighted by Crippen LogP contribution is -2.49. The number of nitro groups is 1. The Morgan fingerprint density at radius 3 is 2.40 bits per heavy atom. The summed E-state index contributed by atoms with van der Waals surface area (Å²) in [5.41, 5.74) is 1.75. The van der Waals surface area contributed by atoms with Gasteiger partial charge in [-0.1, -0.05) is 35.9 Å². The van der Waals surface area contributed by atoms with Crippen molar-refractivity contribution in [3.63, 3.8) is 0 Å². The lowest BCUT2D eigenvalue weighted by molar-refractivity contribution is -0.384. The Morgan fingerprint density at radius 2 is 1.73 bits per heavy atom. The highest BCUT2D eigenvalue weighted by molar-refractivity contribution is 6.33. The molecule has 1 fully saturated rings. The summed E-state index contributed by atoms with van der Waals surface area (Å²) >= 11 is 6.22. The molecule has 1 saturated heterocycles. The van der Waals surface area contributed by atoms with E-state index in [2.05, 4.69) is 15.1 Å². The molecule has 1 aromatic heterocycles. The third-order valence-corrected chi connectivity index (χ3v) is 5.32. The molecule has 0 atom stereocenters. The van der Waals surface area contributed by atoms with Crippen LogP contribution in [-0.2, 0) is 0 Å². The van der Waals surface area contributed by atoms with Gasteiger partial charge in [0.05, 0.1) is 15.6 Å². The smallest absolute Gasteiger partial charge is 0.270 e. The van der Waals surface area contributed by atoms with E-state index in [-0.39, 0.29) is 11.6 Å². The van der Waals surface area contributed by atoms with E-state index in [1.807, 2.05) is 36.4 Å². The maximum absolute atomic E-state index is 12.7. The van der Waals surface area contributed by atoms with E-state index in [0.717, 1.165) is 11.4 Å². The van der Waals surface area contributed by atoms with E-state index in [1.54, 1.807) is 11.0 Å². The number of carbonyl (C=O) groups excluding carboxylic acids is 1. The molecule has 8 nitrogen and oxygen atoms in total. The van der Waals surface area contributed by atoms with E-state index in [9.17, 15) is 14.9 Å². The van der Waals surface area contributed by atoms with Gasteiger partial charge in [0.1, 0.15) is 0 Å². The summed E-state index contributed by atoms with van der Waals surface area (Å²) in [6, 6.07) is 17.0. The zero-order valence-electron chi connectivity index (χ0n) is 15.9. The molecule has 152 valence electrons. The number of hydrogen-bond donors (Lipinski definition) is 0. The van der Waals surface area contributed by atoms with Gasteiger partial charge < -0.3 is 9.80 Å². The van der Waals surface area contributed by atoms with E-state index in [1.165, 1.54) is 18.2 Å². The summed E-state index contributed by atoms with van der Waals surface area (Å²) in [5, 5.41) is 20.2. The average Bonchev–Trinajstić information content (AvgIpc) is 2.79. The minimum Gasteiger partial charge on any atom is -0.352 e. The number of anilines is 1. The van der Waals surface area contributed by atoms with Crippen LogP contribution in [0.1, 0.15) is 10.4 Å². The minimum absolute atomic E-state index is 0.0895. The Kier molecular flexibility index (Phi) is 5.58. The number of nitrogens with zero attached hydrogens (tertiary/aromatic N) is 5. The van der Waals surface area contributed by atoms with Gasteiger partial charge in [-0.15, -0.1) is 10.2 Å². The van der Waals surface area contributed by atoms with Gasteiger partial charge >= 0.3 is 0 Å². The predicted molar refractivity (Wildman–Crippen MR) is 114 cm³/mol. The number of rotatable bonds is 4. The summed E-state index contributed by atoms with van der Waals surface area (Å²) in [5.74, 6) is 0.520. The van der Waals surface area contributed by atoms with Crippen molar-refractivity contribution >= 4 is 29.0 Å². The maximum Gasteiger partial charge on any atom is 0.270 e. The number of carbonyl (C=O) groups is 1. The highest BCUT2D eigenvalue weighted by Crippen LogP contribution is 2.26. The van der Waals surface area contributed by atoms with Crippen molar-refractivity contribution in [1.29, 1.82) is 0 Å². The molecule has 0 aliphatic carbocycles. The first-order valence-corrected chi connectivity index (χ1v) is 9.78. The third kappa shape index (κ3) is 4.08. The van der Waals surface area contributed by atoms with Crippen molar-refractivity contribution in [3.05, 3.63) is 81.4 Å². The molecule has 0 N–H and O–H groups in total. The lowest BCUT2D eigenvalue weighted by Gasteiger charge is -2.35. The Hall–Kier alpha value is -3.52. The number of nitro benzene ring substituents is 1. The van der Waals surface area contributed by atoms with Crippen molar-refractivity contribution in [2.24, 2.45) is 0 Å². The fourth-order valence-electron chi connectivity index (χ4n) is 3.38. The summed E-state index contributed by atoms with van der Waals surface area (Å²) in [7, 11) is 0. The molecule has 1 amide bonds. The second-order valence-corrected chi connectivity index (χ2v) is 7.25. The molecular formula is C21H18ClN5O3. The van der Waals surface area contributed by atoms with Gasteiger partial charge in [0.2, 0.25) is 0 Å². The molecule has 0 saturated carbocycles. The summed E-state index contributed by atoms with van der Waals surface area (Å²) < 4.78 is 0. The monoisotopic (exact) mass is 423 g/mol. The molecule has 1 aliphatic rings. The maximum atomic E-state index is 12.7. The fourth-order valence-corrected chi connectivity index (χ4v) is 3.61. The fraction of sp³-hybridized carbons (Fsp3) is 0.190. The van der Waals surface area contributed by atoms with Gasteiger partial charge in [0.15, 0.2) is 5.82 Å². The molecule has 2 heterocycles. The van der Waals surface area contributed by atoms with Crippen molar-refractivity contribution < 1.29 is 9.72 Å². The second kappa shape index (κ2) is 8.46. The van der Waals surface area contributed by atoms with Crippen LogP contribution in [0, 0.1) is 10.1 Å². The number of hydrogen-bond acceptors (Lipinski definition) is 6. The number of amides is 1. The molecule has 30 heavy (non-hydrogen) atoms. The zero-order valence-corrected chi connectivity index (χ0v) is 16.7. The van der Waals surface area contributed by atoms with Gasteiger partial charge in [-0.2, -0.15) is 0 Å². The number of aromatic nitrogens is 2. The first-order valence-electron chi connectivity index (χ1n) is 9.40. The molecule has 0 radical (unpaired) electrons. The predicted octanol–water partition coefficient (Wildman–Crippen LogP) is 3.67. The Balaban J connectivity index is 1.41. The van der Waals surface area contributed by atoms with Crippen LogP contribution >= 0.6 is 11.6 Å². The van der Waals surface area contributed by atoms with Gasteiger partial charge in [0.25, 0.3) is 11.6 Å². The molecule has 3 aromatic rings. The Morgan fingerprint density at radius 1 is 0.967 bits per heavy atom. The number of halogens is 1. The van der Waals surface area contributed by atoms with Gasteiger partial charge in [-0.3, -0.25) is 14.9 Å². The van der Waals surface area contributed by atoms with E-state index in [0.29, 0.717) is 42.5 Å². The summed E-state index contributed by atoms with van der Waals surface area (Å²) in [4.78, 5) is 26.9. The van der Waals surface area contributed by atoms with Gasteiger partial charge in [0, 0.05) is 49.4 Å². The van der Waals surface area contributed by atoms with Gasteiger partial charge in [-0.05, 0) is 24.3 Å². The first-order chi connectivity index (χ1) is 14.5. The average molecular weight is 424 g/mol. The highest BCUT2D eigenvalue weighted by atomic mass is 35.5. The van der Waals surface area contributed by atoms with Crippen LogP contribution in [0.4, 0.5) is 11.5 Å². The van der Waals surface area contributed by atoms with Crippen LogP contribution in [0.15, 0.2) is 60.7 Å². The minimum atomic E-state index is -0.500. The van der Waals surface area contributed by atoms with Crippen LogP contribution in [0.25, 0.3) is 11.3 Å². The number of non-ortho nitro benzene ring substituents is 1. The van der Waals surface area contributed by atoms with Gasteiger partial charge in [-0.25, -0.2) is 0 Å². The quantitative estimate of drug-likeness (QED) is 0.469. The van der Waals surface area contributed by atoms with E-state index < -0.39 is 4.92 Å². The molecule has 2 aromatic carbocycles. The van der Waals surface area contributed by atoms with Crippen LogP contribution in [0.5, 0.6) is 0 Å². The van der Waals surface area contributed by atoms with Crippen LogP contribution in [-0.4, -0.2) is 52.1 Å². The van der Waals surface area contributed by atoms with E-state index >= 15 is 0 Å². The normalized spacial score (nSPS) is 13.9. The van der Waals surface area contributed by atoms with Crippen molar-refractivity contribution in [2.75, 3.05) is 31.1 Å². The molecule has 4 rings (SSSR count). The van der Waals surface area contributed by atoms with Crippen molar-refractivity contribution in [1.82, 2.24) is 15.1 Å². The lowest BCUT2D eigenvalue weighted by atomic mass is 10.1. The number of piperazine rings is 1. The largest absolute Gasteiger partial charge is 0.352 e. The first kappa shape index (κ1) is 19.8.